The van der Waals surface area contributed by atoms with Crippen LogP contribution in [-0.4, -0.2) is 32.5 Å². The van der Waals surface area contributed by atoms with Crippen LogP contribution in [0.2, 0.25) is 0 Å². The number of fused-ring (bicyclic) bond motifs is 1. The molecule has 19 heavy (non-hydrogen) atoms. The minimum absolute atomic E-state index is 0.0194. The summed E-state index contributed by atoms with van der Waals surface area (Å²) in [5.74, 6) is 0.402. The van der Waals surface area contributed by atoms with Gasteiger partial charge in [-0.3, -0.25) is 4.79 Å². The third kappa shape index (κ3) is 2.19. The van der Waals surface area contributed by atoms with Gasteiger partial charge in [-0.25, -0.2) is 4.98 Å². The molecule has 0 aromatic carbocycles. The monoisotopic (exact) mass is 324 g/mol. The first-order valence-corrected chi connectivity index (χ1v) is 7.35. The van der Waals surface area contributed by atoms with Gasteiger partial charge in [0.1, 0.15) is 4.60 Å². The minimum atomic E-state index is -0.876. The van der Waals surface area contributed by atoms with E-state index in [-0.39, 0.29) is 11.9 Å². The zero-order valence-electron chi connectivity index (χ0n) is 11.1. The van der Waals surface area contributed by atoms with Gasteiger partial charge in [0, 0.05) is 12.7 Å². The van der Waals surface area contributed by atoms with Crippen molar-refractivity contribution in [3.05, 3.63) is 28.0 Å². The summed E-state index contributed by atoms with van der Waals surface area (Å²) < 4.78 is 0.600. The Morgan fingerprint density at radius 1 is 1.53 bits per heavy atom. The molecule has 1 aliphatic carbocycles. The molecule has 3 rings (SSSR count). The molecule has 2 heterocycles. The van der Waals surface area contributed by atoms with Crippen LogP contribution in [0.3, 0.4) is 0 Å². The molecule has 1 fully saturated rings. The lowest BCUT2D eigenvalue weighted by molar-refractivity contribution is -0.0224. The molecule has 1 atom stereocenters. The normalized spacial score (nSPS) is 20.6. The van der Waals surface area contributed by atoms with Gasteiger partial charge in [-0.05, 0) is 60.2 Å². The number of hydrogen-bond acceptors (Lipinski definition) is 3. The largest absolute Gasteiger partial charge is 0.388 e. The number of nitrogens with zero attached hydrogens (tertiary/aromatic N) is 2. The molecule has 0 spiro atoms. The van der Waals surface area contributed by atoms with Crippen LogP contribution in [0.5, 0.6) is 0 Å². The van der Waals surface area contributed by atoms with Crippen molar-refractivity contribution in [1.29, 1.82) is 0 Å². The standard InChI is InChI=1S/C14H17BrN2O2/c1-14(2,19)11(8-3-4-8)17-7-9-5-6-16-12(15)10(9)13(17)18/h5-6,8,11,19H,3-4,7H2,1-2H3. The van der Waals surface area contributed by atoms with Gasteiger partial charge < -0.3 is 10.0 Å². The molecule has 0 bridgehead atoms. The van der Waals surface area contributed by atoms with E-state index in [1.165, 1.54) is 0 Å². The van der Waals surface area contributed by atoms with Crippen LogP contribution >= 0.6 is 15.9 Å². The Morgan fingerprint density at radius 3 is 2.74 bits per heavy atom. The van der Waals surface area contributed by atoms with E-state index in [4.69, 9.17) is 0 Å². The second-order valence-corrected chi connectivity index (χ2v) is 6.76. The van der Waals surface area contributed by atoms with Crippen molar-refractivity contribution in [1.82, 2.24) is 9.88 Å². The van der Waals surface area contributed by atoms with E-state index in [1.807, 2.05) is 11.0 Å². The summed E-state index contributed by atoms with van der Waals surface area (Å²) in [5.41, 5.74) is 0.762. The first kappa shape index (κ1) is 13.1. The highest BCUT2D eigenvalue weighted by molar-refractivity contribution is 9.10. The molecule has 1 amide bonds. The summed E-state index contributed by atoms with van der Waals surface area (Å²) in [6, 6.07) is 1.77. The summed E-state index contributed by atoms with van der Waals surface area (Å²) >= 11 is 3.35. The number of hydrogen-bond donors (Lipinski definition) is 1. The highest BCUT2D eigenvalue weighted by atomic mass is 79.9. The zero-order chi connectivity index (χ0) is 13.8. The SMILES string of the molecule is CC(C)(O)C(C1CC1)N1Cc2ccnc(Br)c2C1=O. The fraction of sp³-hybridized carbons (Fsp3) is 0.571. The molecular weight excluding hydrogens is 308 g/mol. The first-order chi connectivity index (χ1) is 8.89. The van der Waals surface area contributed by atoms with Crippen LogP contribution in [-0.2, 0) is 6.54 Å². The molecule has 1 N–H and O–H groups in total. The van der Waals surface area contributed by atoms with Crippen molar-refractivity contribution in [2.45, 2.75) is 44.9 Å². The molecule has 5 heteroatoms. The van der Waals surface area contributed by atoms with Crippen molar-refractivity contribution in [3.63, 3.8) is 0 Å². The number of rotatable bonds is 3. The Bertz CT molecular complexity index is 535. The minimum Gasteiger partial charge on any atom is -0.388 e. The molecule has 1 aromatic heterocycles. The molecule has 4 nitrogen and oxygen atoms in total. The highest BCUT2D eigenvalue weighted by Gasteiger charge is 2.48. The number of carbonyl (C=O) groups excluding carboxylic acids is 1. The van der Waals surface area contributed by atoms with E-state index in [2.05, 4.69) is 20.9 Å². The maximum atomic E-state index is 12.6. The molecule has 2 aliphatic rings. The van der Waals surface area contributed by atoms with E-state index in [9.17, 15) is 9.90 Å². The third-order valence-corrected chi connectivity index (χ3v) is 4.54. The van der Waals surface area contributed by atoms with Gasteiger partial charge >= 0.3 is 0 Å². The lowest BCUT2D eigenvalue weighted by Crippen LogP contribution is -2.51. The number of pyridine rings is 1. The van der Waals surface area contributed by atoms with Crippen molar-refractivity contribution in [2.75, 3.05) is 0 Å². The highest BCUT2D eigenvalue weighted by Crippen LogP contribution is 2.43. The van der Waals surface area contributed by atoms with E-state index >= 15 is 0 Å². The van der Waals surface area contributed by atoms with E-state index in [0.29, 0.717) is 22.6 Å². The number of carbonyl (C=O) groups is 1. The van der Waals surface area contributed by atoms with Crippen molar-refractivity contribution in [3.8, 4) is 0 Å². The smallest absolute Gasteiger partial charge is 0.257 e. The molecule has 1 aromatic rings. The predicted molar refractivity (Wildman–Crippen MR) is 74.6 cm³/mol. The lowest BCUT2D eigenvalue weighted by atomic mass is 9.93. The molecule has 102 valence electrons. The van der Waals surface area contributed by atoms with E-state index < -0.39 is 5.60 Å². The van der Waals surface area contributed by atoms with Crippen LogP contribution < -0.4 is 0 Å². The summed E-state index contributed by atoms with van der Waals surface area (Å²) in [6.45, 7) is 4.15. The van der Waals surface area contributed by atoms with Crippen LogP contribution in [0, 0.1) is 5.92 Å². The fourth-order valence-corrected chi connectivity index (χ4v) is 3.62. The summed E-state index contributed by atoms with van der Waals surface area (Å²) in [5, 5.41) is 10.4. The van der Waals surface area contributed by atoms with Crippen LogP contribution in [0.25, 0.3) is 0 Å². The van der Waals surface area contributed by atoms with Crippen molar-refractivity contribution in [2.24, 2.45) is 5.92 Å². The second kappa shape index (κ2) is 4.28. The van der Waals surface area contributed by atoms with Gasteiger partial charge in [-0.15, -0.1) is 0 Å². The fourth-order valence-electron chi connectivity index (χ4n) is 3.08. The summed E-state index contributed by atoms with van der Waals surface area (Å²) in [4.78, 5) is 18.5. The molecular formula is C14H17BrN2O2. The van der Waals surface area contributed by atoms with Crippen molar-refractivity contribution >= 4 is 21.8 Å². The second-order valence-electron chi connectivity index (χ2n) is 6.00. The number of aromatic nitrogens is 1. The molecule has 0 radical (unpaired) electrons. The van der Waals surface area contributed by atoms with E-state index in [0.717, 1.165) is 18.4 Å². The molecule has 1 saturated carbocycles. The van der Waals surface area contributed by atoms with E-state index in [1.54, 1.807) is 20.0 Å². The van der Waals surface area contributed by atoms with Gasteiger partial charge in [-0.1, -0.05) is 0 Å². The van der Waals surface area contributed by atoms with Gasteiger partial charge in [0.25, 0.3) is 5.91 Å². The number of amides is 1. The topological polar surface area (TPSA) is 53.4 Å². The van der Waals surface area contributed by atoms with Crippen LogP contribution in [0.1, 0.15) is 42.6 Å². The molecule has 1 aliphatic heterocycles. The molecule has 0 saturated heterocycles. The summed E-state index contributed by atoms with van der Waals surface area (Å²) in [6.07, 6.45) is 3.89. The maximum Gasteiger partial charge on any atom is 0.257 e. The number of halogens is 1. The quantitative estimate of drug-likeness (QED) is 0.868. The first-order valence-electron chi connectivity index (χ1n) is 6.56. The Morgan fingerprint density at radius 2 is 2.21 bits per heavy atom. The Hall–Kier alpha value is -0.940. The van der Waals surface area contributed by atoms with Crippen LogP contribution in [0.15, 0.2) is 16.9 Å². The average molecular weight is 325 g/mol. The molecule has 1 unspecified atom stereocenters. The Balaban J connectivity index is 1.97. The Kier molecular flexibility index (Phi) is 2.94. The zero-order valence-corrected chi connectivity index (χ0v) is 12.6. The predicted octanol–water partition coefficient (Wildman–Crippen LogP) is 2.35. The third-order valence-electron chi connectivity index (χ3n) is 3.93. The van der Waals surface area contributed by atoms with Crippen LogP contribution in [0.4, 0.5) is 0 Å². The van der Waals surface area contributed by atoms with Gasteiger partial charge in [0.15, 0.2) is 0 Å². The van der Waals surface area contributed by atoms with Gasteiger partial charge in [0.2, 0.25) is 0 Å². The lowest BCUT2D eigenvalue weighted by Gasteiger charge is -2.37. The summed E-state index contributed by atoms with van der Waals surface area (Å²) in [7, 11) is 0. The van der Waals surface area contributed by atoms with Gasteiger partial charge in [0.05, 0.1) is 17.2 Å². The maximum absolute atomic E-state index is 12.6. The van der Waals surface area contributed by atoms with Crippen molar-refractivity contribution < 1.29 is 9.90 Å². The Labute approximate surface area is 121 Å². The number of aliphatic hydroxyl groups is 1. The average Bonchev–Trinajstić information content (AvgIpc) is 3.04. The van der Waals surface area contributed by atoms with Gasteiger partial charge in [-0.2, -0.15) is 0 Å².